The molecule has 1 aliphatic heterocycles. The molecule has 1 saturated heterocycles. The molecule has 7 nitrogen and oxygen atoms in total. The van der Waals surface area contributed by atoms with Crippen LogP contribution in [-0.4, -0.2) is 50.8 Å². The Balaban J connectivity index is 1.71. The van der Waals surface area contributed by atoms with Crippen molar-refractivity contribution in [2.45, 2.75) is 44.2 Å². The van der Waals surface area contributed by atoms with Crippen molar-refractivity contribution in [1.82, 2.24) is 9.88 Å². The lowest BCUT2D eigenvalue weighted by atomic mass is 10.0. The fraction of sp³-hybridized carbons (Fsp3) is 0.615. The normalized spacial score (nSPS) is 24.7. The molecule has 1 aromatic heterocycles. The topological polar surface area (TPSA) is 103 Å². The average Bonchev–Trinajstić information content (AvgIpc) is 3.01. The van der Waals surface area contributed by atoms with Crippen LogP contribution < -0.4 is 5.32 Å². The van der Waals surface area contributed by atoms with Crippen LogP contribution in [0, 0.1) is 0 Å². The van der Waals surface area contributed by atoms with Gasteiger partial charge in [0.15, 0.2) is 5.13 Å². The van der Waals surface area contributed by atoms with Gasteiger partial charge in [0.05, 0.1) is 11.8 Å². The third-order valence-corrected chi connectivity index (χ3v) is 4.96. The Labute approximate surface area is 125 Å². The van der Waals surface area contributed by atoms with Gasteiger partial charge in [-0.1, -0.05) is 0 Å². The number of aromatic nitrogens is 1. The van der Waals surface area contributed by atoms with Crippen LogP contribution in [0.3, 0.4) is 0 Å². The molecule has 114 valence electrons. The fourth-order valence-corrected chi connectivity index (χ4v) is 3.88. The van der Waals surface area contributed by atoms with Crippen LogP contribution in [0.25, 0.3) is 0 Å². The number of fused-ring (bicyclic) bond motifs is 1. The van der Waals surface area contributed by atoms with Gasteiger partial charge >= 0.3 is 12.0 Å². The van der Waals surface area contributed by atoms with E-state index in [1.807, 2.05) is 0 Å². The van der Waals surface area contributed by atoms with Gasteiger partial charge in [-0.2, -0.15) is 0 Å². The van der Waals surface area contributed by atoms with Gasteiger partial charge in [0, 0.05) is 17.8 Å². The number of thiazole rings is 1. The summed E-state index contributed by atoms with van der Waals surface area (Å²) in [5.41, 5.74) is 1.04. The molecular formula is C13H17N3O4S. The molecule has 1 aliphatic carbocycles. The predicted molar refractivity (Wildman–Crippen MR) is 76.5 cm³/mol. The number of β-amino-alcohol motifs (C(OH)–C–C–N with tert-alkyl or cyclic N) is 1. The van der Waals surface area contributed by atoms with Crippen LogP contribution in [0.2, 0.25) is 0 Å². The van der Waals surface area contributed by atoms with Crippen molar-refractivity contribution >= 4 is 28.5 Å². The lowest BCUT2D eigenvalue weighted by molar-refractivity contribution is -0.141. The predicted octanol–water partition coefficient (Wildman–Crippen LogP) is 1.07. The van der Waals surface area contributed by atoms with Crippen molar-refractivity contribution in [3.05, 3.63) is 10.6 Å². The van der Waals surface area contributed by atoms with Gasteiger partial charge in [-0.3, -0.25) is 5.32 Å². The monoisotopic (exact) mass is 311 g/mol. The Morgan fingerprint density at radius 1 is 1.33 bits per heavy atom. The first-order valence-corrected chi connectivity index (χ1v) is 7.83. The number of carboxylic acids is 1. The van der Waals surface area contributed by atoms with E-state index in [1.54, 1.807) is 0 Å². The van der Waals surface area contributed by atoms with Crippen LogP contribution in [0.1, 0.15) is 29.8 Å². The van der Waals surface area contributed by atoms with E-state index in [-0.39, 0.29) is 13.0 Å². The van der Waals surface area contributed by atoms with Crippen molar-refractivity contribution in [3.63, 3.8) is 0 Å². The minimum absolute atomic E-state index is 0.0356. The number of nitrogens with zero attached hydrogens (tertiary/aromatic N) is 2. The van der Waals surface area contributed by atoms with Gasteiger partial charge in [0.2, 0.25) is 0 Å². The SMILES string of the molecule is O=C(O)[C@@H]1C[C@H](O)CN1C(=O)Nc1nc2c(s1)CCCC2. The molecule has 0 aromatic carbocycles. The molecule has 21 heavy (non-hydrogen) atoms. The molecule has 2 atom stereocenters. The Morgan fingerprint density at radius 2 is 2.10 bits per heavy atom. The maximum Gasteiger partial charge on any atom is 0.326 e. The van der Waals surface area contributed by atoms with Crippen LogP contribution >= 0.6 is 11.3 Å². The number of carbonyl (C=O) groups is 2. The summed E-state index contributed by atoms with van der Waals surface area (Å²) in [5, 5.41) is 21.8. The summed E-state index contributed by atoms with van der Waals surface area (Å²) in [6.45, 7) is 0.0356. The first kappa shape index (κ1) is 14.3. The highest BCUT2D eigenvalue weighted by Crippen LogP contribution is 2.30. The lowest BCUT2D eigenvalue weighted by Gasteiger charge is -2.20. The highest BCUT2D eigenvalue weighted by molar-refractivity contribution is 7.15. The summed E-state index contributed by atoms with van der Waals surface area (Å²) >= 11 is 1.45. The second-order valence-electron chi connectivity index (χ2n) is 5.42. The van der Waals surface area contributed by atoms with Crippen LogP contribution in [0.4, 0.5) is 9.93 Å². The van der Waals surface area contributed by atoms with Gasteiger partial charge in [-0.05, 0) is 25.7 Å². The molecule has 2 amide bonds. The molecule has 2 heterocycles. The lowest BCUT2D eigenvalue weighted by Crippen LogP contribution is -2.43. The zero-order valence-corrected chi connectivity index (χ0v) is 12.2. The maximum atomic E-state index is 12.2. The second-order valence-corrected chi connectivity index (χ2v) is 6.51. The van der Waals surface area contributed by atoms with Gasteiger partial charge in [-0.15, -0.1) is 11.3 Å². The summed E-state index contributed by atoms with van der Waals surface area (Å²) in [6, 6.07) is -1.49. The van der Waals surface area contributed by atoms with Crippen LogP contribution in [-0.2, 0) is 17.6 Å². The molecule has 3 N–H and O–H groups in total. The van der Waals surface area contributed by atoms with E-state index >= 15 is 0 Å². The van der Waals surface area contributed by atoms with E-state index in [1.165, 1.54) is 16.2 Å². The van der Waals surface area contributed by atoms with Gasteiger partial charge in [-0.25, -0.2) is 14.6 Å². The molecule has 0 bridgehead atoms. The van der Waals surface area contributed by atoms with E-state index in [0.29, 0.717) is 5.13 Å². The summed E-state index contributed by atoms with van der Waals surface area (Å²) in [4.78, 5) is 30.1. The maximum absolute atomic E-state index is 12.2. The number of carboxylic acid groups (broad SMARTS) is 1. The first-order valence-electron chi connectivity index (χ1n) is 7.01. The molecular weight excluding hydrogens is 294 g/mol. The number of nitrogens with one attached hydrogen (secondary N) is 1. The Hall–Kier alpha value is -1.67. The van der Waals surface area contributed by atoms with Crippen molar-refractivity contribution < 1.29 is 19.8 Å². The Kier molecular flexibility index (Phi) is 3.81. The first-order chi connectivity index (χ1) is 10.0. The third kappa shape index (κ3) is 2.86. The van der Waals surface area contributed by atoms with Gasteiger partial charge in [0.1, 0.15) is 6.04 Å². The number of amides is 2. The second kappa shape index (κ2) is 5.61. The molecule has 1 fully saturated rings. The molecule has 1 aromatic rings. The Morgan fingerprint density at radius 3 is 2.81 bits per heavy atom. The average molecular weight is 311 g/mol. The minimum atomic E-state index is -1.10. The number of aliphatic carboxylic acids is 1. The number of aliphatic hydroxyl groups excluding tert-OH is 1. The summed E-state index contributed by atoms with van der Waals surface area (Å²) in [5.74, 6) is -1.10. The number of rotatable bonds is 2. The molecule has 0 radical (unpaired) electrons. The van der Waals surface area contributed by atoms with E-state index in [2.05, 4.69) is 10.3 Å². The smallest absolute Gasteiger partial charge is 0.326 e. The molecule has 0 spiro atoms. The molecule has 0 saturated carbocycles. The summed E-state index contributed by atoms with van der Waals surface area (Å²) in [7, 11) is 0. The van der Waals surface area contributed by atoms with Crippen molar-refractivity contribution in [2.75, 3.05) is 11.9 Å². The number of hydrogen-bond acceptors (Lipinski definition) is 5. The number of likely N-dealkylation sites (tertiary alicyclic amines) is 1. The van der Waals surface area contributed by atoms with E-state index < -0.39 is 24.1 Å². The van der Waals surface area contributed by atoms with Crippen molar-refractivity contribution in [2.24, 2.45) is 0 Å². The summed E-state index contributed by atoms with van der Waals surface area (Å²) in [6.07, 6.45) is 3.45. The highest BCUT2D eigenvalue weighted by atomic mass is 32.1. The standard InChI is InChI=1S/C13H17N3O4S/c17-7-5-9(11(18)19)16(6-7)13(20)15-12-14-8-3-1-2-4-10(8)21-12/h7,9,17H,1-6H2,(H,18,19)(H,14,15,20)/t7-,9-/m0/s1. The zero-order valence-electron chi connectivity index (χ0n) is 11.4. The van der Waals surface area contributed by atoms with E-state index in [9.17, 15) is 14.7 Å². The fourth-order valence-electron chi connectivity index (χ4n) is 2.84. The minimum Gasteiger partial charge on any atom is -0.480 e. The van der Waals surface area contributed by atoms with Crippen LogP contribution in [0.5, 0.6) is 0 Å². The van der Waals surface area contributed by atoms with E-state index in [4.69, 9.17) is 5.11 Å². The van der Waals surface area contributed by atoms with Gasteiger partial charge < -0.3 is 15.1 Å². The zero-order chi connectivity index (χ0) is 15.0. The van der Waals surface area contributed by atoms with Crippen LogP contribution in [0.15, 0.2) is 0 Å². The van der Waals surface area contributed by atoms with E-state index in [0.717, 1.165) is 36.3 Å². The van der Waals surface area contributed by atoms with Gasteiger partial charge in [0.25, 0.3) is 0 Å². The Bertz CT molecular complexity index is 550. The number of carbonyl (C=O) groups excluding carboxylic acids is 1. The number of aryl methyl sites for hydroxylation is 2. The molecule has 8 heteroatoms. The number of urea groups is 1. The number of anilines is 1. The third-order valence-electron chi connectivity index (χ3n) is 3.88. The molecule has 0 unspecified atom stereocenters. The van der Waals surface area contributed by atoms with Crippen molar-refractivity contribution in [3.8, 4) is 0 Å². The molecule has 3 rings (SSSR count). The highest BCUT2D eigenvalue weighted by Gasteiger charge is 2.39. The quantitative estimate of drug-likeness (QED) is 0.758. The largest absolute Gasteiger partial charge is 0.480 e. The van der Waals surface area contributed by atoms with Crippen molar-refractivity contribution in [1.29, 1.82) is 0 Å². The number of aliphatic hydroxyl groups is 1. The summed E-state index contributed by atoms with van der Waals surface area (Å²) < 4.78 is 0. The molecule has 2 aliphatic rings. The number of hydrogen-bond donors (Lipinski definition) is 3.